The van der Waals surface area contributed by atoms with Crippen molar-refractivity contribution >= 4 is 22.4 Å². The summed E-state index contributed by atoms with van der Waals surface area (Å²) in [6, 6.07) is 20.1. The van der Waals surface area contributed by atoms with Gasteiger partial charge in [-0.1, -0.05) is 18.2 Å². The van der Waals surface area contributed by atoms with Crippen LogP contribution in [0.1, 0.15) is 5.69 Å². The topological polar surface area (TPSA) is 66.1 Å². The molecule has 5 rings (SSSR count). The maximum atomic E-state index is 5.66. The summed E-state index contributed by atoms with van der Waals surface area (Å²) in [4.78, 5) is 9.28. The maximum absolute atomic E-state index is 5.66. The van der Waals surface area contributed by atoms with Crippen LogP contribution < -0.4 is 14.8 Å². The highest BCUT2D eigenvalue weighted by Gasteiger charge is 2.14. The Kier molecular flexibility index (Phi) is 5.22. The highest BCUT2D eigenvalue weighted by molar-refractivity contribution is 5.93. The lowest BCUT2D eigenvalue weighted by atomic mass is 10.2. The molecule has 7 nitrogen and oxygen atoms in total. The average molecular weight is 440 g/mol. The summed E-state index contributed by atoms with van der Waals surface area (Å²) in [5.74, 6) is 2.43. The van der Waals surface area contributed by atoms with Gasteiger partial charge in [-0.15, -0.1) is 0 Å². The molecule has 2 aromatic heterocycles. The van der Waals surface area contributed by atoms with Gasteiger partial charge < -0.3 is 23.9 Å². The average Bonchev–Trinajstić information content (AvgIpc) is 3.43. The fourth-order valence-electron chi connectivity index (χ4n) is 4.01. The molecule has 166 valence electrons. The van der Waals surface area contributed by atoms with Crippen LogP contribution in [0.15, 0.2) is 73.2 Å². The van der Waals surface area contributed by atoms with Crippen molar-refractivity contribution in [2.75, 3.05) is 19.5 Å². The Hall–Kier alpha value is -4.26. The number of nitrogens with zero attached hydrogens (tertiary/aromatic N) is 4. The molecule has 0 bridgehead atoms. The molecule has 3 aromatic carbocycles. The van der Waals surface area contributed by atoms with Gasteiger partial charge >= 0.3 is 0 Å². The summed E-state index contributed by atoms with van der Waals surface area (Å²) >= 11 is 0. The van der Waals surface area contributed by atoms with Crippen molar-refractivity contribution < 1.29 is 9.47 Å². The van der Waals surface area contributed by atoms with E-state index < -0.39 is 0 Å². The monoisotopic (exact) mass is 439 g/mol. The molecular formula is C26H25N5O2. The third-order valence-corrected chi connectivity index (χ3v) is 5.69. The van der Waals surface area contributed by atoms with E-state index in [1.54, 1.807) is 20.5 Å². The van der Waals surface area contributed by atoms with Crippen LogP contribution in [0, 0.1) is 6.92 Å². The zero-order valence-corrected chi connectivity index (χ0v) is 19.0. The molecule has 0 aliphatic carbocycles. The van der Waals surface area contributed by atoms with Crippen LogP contribution in [0.3, 0.4) is 0 Å². The summed E-state index contributed by atoms with van der Waals surface area (Å²) in [5, 5.41) is 3.51. The molecule has 0 amide bonds. The largest absolute Gasteiger partial charge is 0.497 e. The minimum Gasteiger partial charge on any atom is -0.497 e. The summed E-state index contributed by atoms with van der Waals surface area (Å²) in [6.07, 6.45) is 3.76. The fourth-order valence-corrected chi connectivity index (χ4v) is 4.01. The van der Waals surface area contributed by atoms with E-state index >= 15 is 0 Å². The van der Waals surface area contributed by atoms with Crippen molar-refractivity contribution in [1.29, 1.82) is 0 Å². The third kappa shape index (κ3) is 3.78. The van der Waals surface area contributed by atoms with Crippen molar-refractivity contribution in [2.24, 2.45) is 7.05 Å². The van der Waals surface area contributed by atoms with E-state index in [0.29, 0.717) is 0 Å². The van der Waals surface area contributed by atoms with Crippen molar-refractivity contribution in [1.82, 2.24) is 19.1 Å². The van der Waals surface area contributed by atoms with E-state index in [2.05, 4.69) is 20.9 Å². The van der Waals surface area contributed by atoms with Gasteiger partial charge in [-0.25, -0.2) is 9.97 Å². The molecule has 0 saturated heterocycles. The zero-order valence-electron chi connectivity index (χ0n) is 19.0. The van der Waals surface area contributed by atoms with Crippen molar-refractivity contribution in [3.63, 3.8) is 0 Å². The Labute approximate surface area is 192 Å². The number of para-hydroxylation sites is 1. The lowest BCUT2D eigenvalue weighted by Gasteiger charge is -2.13. The van der Waals surface area contributed by atoms with Crippen LogP contribution >= 0.6 is 0 Å². The standard InChI is InChI=1S/C26H25N5O2/c1-17-15-31(16-27-17)22-12-11-19(14-24(22)33-4)28-21-9-6-10-23-25(21)29-26(30(23)2)18-7-5-8-20(13-18)32-3/h5-16,28H,1-4H3. The molecule has 0 aliphatic heterocycles. The first-order valence-corrected chi connectivity index (χ1v) is 10.6. The molecule has 33 heavy (non-hydrogen) atoms. The van der Waals surface area contributed by atoms with Gasteiger partial charge in [0.15, 0.2) is 0 Å². The number of imidazole rings is 2. The van der Waals surface area contributed by atoms with Crippen molar-refractivity contribution in [3.8, 4) is 28.6 Å². The predicted octanol–water partition coefficient (Wildman–Crippen LogP) is 5.50. The van der Waals surface area contributed by atoms with E-state index in [4.69, 9.17) is 14.5 Å². The number of fused-ring (bicyclic) bond motifs is 1. The number of rotatable bonds is 6. The van der Waals surface area contributed by atoms with Gasteiger partial charge in [0, 0.05) is 30.6 Å². The van der Waals surface area contributed by atoms with Gasteiger partial charge in [-0.2, -0.15) is 0 Å². The van der Waals surface area contributed by atoms with E-state index in [9.17, 15) is 0 Å². The Balaban J connectivity index is 1.53. The van der Waals surface area contributed by atoms with Gasteiger partial charge in [0.2, 0.25) is 0 Å². The number of anilines is 2. The highest BCUT2D eigenvalue weighted by atomic mass is 16.5. The number of ether oxygens (including phenoxy) is 2. The van der Waals surface area contributed by atoms with Crippen LogP contribution in [0.25, 0.3) is 28.1 Å². The second-order valence-corrected chi connectivity index (χ2v) is 7.83. The minimum atomic E-state index is 0.752. The Morgan fingerprint density at radius 2 is 1.79 bits per heavy atom. The molecule has 0 fully saturated rings. The molecule has 0 saturated carbocycles. The molecule has 1 N–H and O–H groups in total. The lowest BCUT2D eigenvalue weighted by Crippen LogP contribution is -1.98. The summed E-state index contributed by atoms with van der Waals surface area (Å²) < 4.78 is 15.1. The smallest absolute Gasteiger partial charge is 0.144 e. The quantitative estimate of drug-likeness (QED) is 0.379. The molecule has 5 aromatic rings. The van der Waals surface area contributed by atoms with Gasteiger partial charge in [-0.05, 0) is 43.3 Å². The Morgan fingerprint density at radius 1 is 0.939 bits per heavy atom. The van der Waals surface area contributed by atoms with Gasteiger partial charge in [0.25, 0.3) is 0 Å². The van der Waals surface area contributed by atoms with Crippen LogP contribution in [0.4, 0.5) is 11.4 Å². The number of hydrogen-bond donors (Lipinski definition) is 1. The number of methoxy groups -OCH3 is 2. The SMILES string of the molecule is COc1cccc(-c2nc3c(Nc4ccc(-n5cnc(C)c5)c(OC)c4)cccc3n2C)c1. The summed E-state index contributed by atoms with van der Waals surface area (Å²) in [6.45, 7) is 1.96. The zero-order chi connectivity index (χ0) is 22.9. The van der Waals surface area contributed by atoms with E-state index in [1.807, 2.05) is 79.3 Å². The van der Waals surface area contributed by atoms with E-state index in [1.165, 1.54) is 0 Å². The van der Waals surface area contributed by atoms with Gasteiger partial charge in [-0.3, -0.25) is 0 Å². The number of nitrogens with one attached hydrogen (secondary N) is 1. The third-order valence-electron chi connectivity index (χ3n) is 5.69. The summed E-state index contributed by atoms with van der Waals surface area (Å²) in [7, 11) is 5.37. The summed E-state index contributed by atoms with van der Waals surface area (Å²) in [5.41, 5.74) is 6.65. The van der Waals surface area contributed by atoms with Gasteiger partial charge in [0.1, 0.15) is 22.8 Å². The lowest BCUT2D eigenvalue weighted by molar-refractivity contribution is 0.413. The van der Waals surface area contributed by atoms with Crippen molar-refractivity contribution in [2.45, 2.75) is 6.92 Å². The minimum absolute atomic E-state index is 0.752. The van der Waals surface area contributed by atoms with Crippen LogP contribution in [0.5, 0.6) is 11.5 Å². The first-order valence-electron chi connectivity index (χ1n) is 10.6. The van der Waals surface area contributed by atoms with Crippen LogP contribution in [-0.4, -0.2) is 33.3 Å². The van der Waals surface area contributed by atoms with Crippen LogP contribution in [0.2, 0.25) is 0 Å². The second kappa shape index (κ2) is 8.35. The molecular weight excluding hydrogens is 414 g/mol. The molecule has 7 heteroatoms. The van der Waals surface area contributed by atoms with Gasteiger partial charge in [0.05, 0.1) is 43.1 Å². The molecule has 2 heterocycles. The molecule has 0 spiro atoms. The van der Waals surface area contributed by atoms with Crippen molar-refractivity contribution in [3.05, 3.63) is 78.9 Å². The molecule has 0 atom stereocenters. The first kappa shape index (κ1) is 20.6. The Bertz CT molecular complexity index is 1450. The van der Waals surface area contributed by atoms with E-state index in [-0.39, 0.29) is 0 Å². The number of benzene rings is 3. The molecule has 0 radical (unpaired) electrons. The number of hydrogen-bond acceptors (Lipinski definition) is 5. The number of aryl methyl sites for hydroxylation is 2. The Morgan fingerprint density at radius 3 is 2.55 bits per heavy atom. The predicted molar refractivity (Wildman–Crippen MR) is 131 cm³/mol. The maximum Gasteiger partial charge on any atom is 0.144 e. The highest BCUT2D eigenvalue weighted by Crippen LogP contribution is 2.33. The second-order valence-electron chi connectivity index (χ2n) is 7.83. The number of aromatic nitrogens is 4. The molecule has 0 unspecified atom stereocenters. The fraction of sp³-hybridized carbons (Fsp3) is 0.154. The van der Waals surface area contributed by atoms with E-state index in [0.717, 1.165) is 56.7 Å². The normalized spacial score (nSPS) is 11.0. The van der Waals surface area contributed by atoms with Crippen LogP contribution in [-0.2, 0) is 7.05 Å². The first-order chi connectivity index (χ1) is 16.1. The molecule has 0 aliphatic rings.